The van der Waals surface area contributed by atoms with Crippen LogP contribution in [-0.4, -0.2) is 27.5 Å². The second kappa shape index (κ2) is 5.45. The monoisotopic (exact) mass is 249 g/mol. The quantitative estimate of drug-likeness (QED) is 0.472. The molecule has 0 aliphatic carbocycles. The summed E-state index contributed by atoms with van der Waals surface area (Å²) in [4.78, 5) is 10.8. The third kappa shape index (κ3) is 3.16. The first kappa shape index (κ1) is 12.4. The van der Waals surface area contributed by atoms with Crippen molar-refractivity contribution in [3.8, 4) is 0 Å². The molecule has 0 spiro atoms. The first-order chi connectivity index (χ1) is 7.06. The Labute approximate surface area is 94.9 Å². The van der Waals surface area contributed by atoms with Crippen molar-refractivity contribution in [2.75, 3.05) is 12.4 Å². The number of hydrogen-bond donors (Lipinski definition) is 2. The summed E-state index contributed by atoms with van der Waals surface area (Å²) in [6.45, 7) is 1.54. The van der Waals surface area contributed by atoms with Crippen LogP contribution in [-0.2, 0) is 0 Å². The van der Waals surface area contributed by atoms with Gasteiger partial charge in [-0.05, 0) is 6.92 Å². The second-order valence-corrected chi connectivity index (χ2v) is 5.27. The Morgan fingerprint density at radius 3 is 2.87 bits per heavy atom. The Hall–Kier alpha value is -0.630. The van der Waals surface area contributed by atoms with Crippen LogP contribution in [0.15, 0.2) is 10.3 Å². The molecule has 0 saturated carbocycles. The van der Waals surface area contributed by atoms with Crippen LogP contribution in [0.5, 0.6) is 0 Å². The molecule has 2 N–H and O–H groups in total. The van der Waals surface area contributed by atoms with Gasteiger partial charge in [-0.3, -0.25) is 10.1 Å². The molecule has 0 aromatic carbocycles. The Morgan fingerprint density at radius 1 is 1.73 bits per heavy atom. The van der Waals surface area contributed by atoms with Crippen molar-refractivity contribution >= 4 is 28.8 Å². The molecule has 0 unspecified atom stereocenters. The summed E-state index contributed by atoms with van der Waals surface area (Å²) in [6.07, 6.45) is -0.697. The van der Waals surface area contributed by atoms with Gasteiger partial charge < -0.3 is 10.2 Å². The van der Waals surface area contributed by atoms with Gasteiger partial charge in [0, 0.05) is 16.7 Å². The highest BCUT2D eigenvalue weighted by molar-refractivity contribution is 8.01. The van der Waals surface area contributed by atoms with E-state index in [1.807, 2.05) is 0 Å². The minimum Gasteiger partial charge on any atom is -0.396 e. The van der Waals surface area contributed by atoms with E-state index in [0.717, 1.165) is 0 Å². The average molecular weight is 249 g/mol. The van der Waals surface area contributed by atoms with Crippen molar-refractivity contribution in [2.45, 2.75) is 17.2 Å². The van der Waals surface area contributed by atoms with Gasteiger partial charge in [0.15, 0.2) is 0 Å². The first-order valence-corrected chi connectivity index (χ1v) is 6.06. The Bertz CT molecular complexity index is 350. The minimum atomic E-state index is -0.697. The molecule has 1 atom stereocenters. The average Bonchev–Trinajstić information content (AvgIpc) is 2.58. The Balaban J connectivity index is 2.95. The van der Waals surface area contributed by atoms with E-state index in [9.17, 15) is 15.2 Å². The molecule has 0 aliphatic heterocycles. The van der Waals surface area contributed by atoms with Crippen LogP contribution in [0, 0.1) is 10.1 Å². The molecule has 0 aliphatic rings. The number of nitro groups is 1. The minimum absolute atomic E-state index is 0.00866. The number of thioether (sulfide) groups is 1. The molecule has 15 heavy (non-hydrogen) atoms. The van der Waals surface area contributed by atoms with Crippen LogP contribution < -0.4 is 0 Å². The zero-order valence-corrected chi connectivity index (χ0v) is 9.68. The molecule has 1 rings (SSSR count). The Kier molecular flexibility index (Phi) is 4.52. The summed E-state index contributed by atoms with van der Waals surface area (Å²) in [5, 5.41) is 28.6. The van der Waals surface area contributed by atoms with Crippen molar-refractivity contribution in [3.63, 3.8) is 0 Å². The number of hydrogen-bond acceptors (Lipinski definition) is 6. The lowest BCUT2D eigenvalue weighted by atomic mass is 10.3. The molecule has 0 fully saturated rings. The molecule has 5 nitrogen and oxygen atoms in total. The van der Waals surface area contributed by atoms with E-state index in [-0.39, 0.29) is 12.3 Å². The van der Waals surface area contributed by atoms with Crippen molar-refractivity contribution in [2.24, 2.45) is 0 Å². The smallest absolute Gasteiger partial charge is 0.294 e. The van der Waals surface area contributed by atoms with Gasteiger partial charge >= 0.3 is 0 Å². The molecule has 1 aromatic rings. The van der Waals surface area contributed by atoms with Crippen LogP contribution in [0.25, 0.3) is 0 Å². The summed E-state index contributed by atoms with van der Waals surface area (Å²) in [5.41, 5.74) is 0.00866. The number of aliphatic hydroxyl groups excluding tert-OH is 2. The van der Waals surface area contributed by atoms with Gasteiger partial charge in [-0.2, -0.15) is 0 Å². The van der Waals surface area contributed by atoms with Gasteiger partial charge in [0.05, 0.1) is 17.6 Å². The summed E-state index contributed by atoms with van der Waals surface area (Å²) >= 11 is 2.43. The third-order valence-corrected chi connectivity index (χ3v) is 4.18. The highest BCUT2D eigenvalue weighted by Crippen LogP contribution is 2.39. The highest BCUT2D eigenvalue weighted by Gasteiger charge is 2.20. The first-order valence-electron chi connectivity index (χ1n) is 4.26. The fraction of sp³-hybridized carbons (Fsp3) is 0.500. The molecule has 84 valence electrons. The number of aliphatic hydroxyl groups is 2. The van der Waals surface area contributed by atoms with E-state index in [4.69, 9.17) is 5.11 Å². The van der Waals surface area contributed by atoms with Gasteiger partial charge in [0.2, 0.25) is 0 Å². The van der Waals surface area contributed by atoms with E-state index < -0.39 is 11.0 Å². The van der Waals surface area contributed by atoms with Crippen LogP contribution in [0.1, 0.15) is 17.9 Å². The predicted octanol–water partition coefficient (Wildman–Crippen LogP) is 1.79. The van der Waals surface area contributed by atoms with Crippen LogP contribution in [0.4, 0.5) is 5.69 Å². The molecule has 7 heteroatoms. The molecule has 0 radical (unpaired) electrons. The number of thiophene rings is 1. The van der Waals surface area contributed by atoms with Crippen LogP contribution in [0.3, 0.4) is 0 Å². The SMILES string of the molecule is C[C@H](O)c1cc([N+](=O)[O-])c(SCCO)s1. The lowest BCUT2D eigenvalue weighted by molar-refractivity contribution is -0.387. The van der Waals surface area contributed by atoms with Crippen LogP contribution in [0.2, 0.25) is 0 Å². The maximum Gasteiger partial charge on any atom is 0.294 e. The van der Waals surface area contributed by atoms with Crippen molar-refractivity contribution < 1.29 is 15.1 Å². The maximum atomic E-state index is 10.7. The fourth-order valence-corrected chi connectivity index (χ4v) is 3.08. The zero-order chi connectivity index (χ0) is 11.4. The number of rotatable bonds is 5. The highest BCUT2D eigenvalue weighted by atomic mass is 32.2. The topological polar surface area (TPSA) is 83.6 Å². The standard InChI is InChI=1S/C8H11NO4S2/c1-5(11)7-4-6(9(12)13)8(15-7)14-3-2-10/h4-5,10-11H,2-3H2,1H3/t5-/m0/s1. The molecular formula is C8H11NO4S2. The molecule has 0 saturated heterocycles. The second-order valence-electron chi connectivity index (χ2n) is 2.83. The summed E-state index contributed by atoms with van der Waals surface area (Å²) in [6, 6.07) is 1.38. The maximum absolute atomic E-state index is 10.7. The van der Waals surface area contributed by atoms with E-state index >= 15 is 0 Å². The molecular weight excluding hydrogens is 238 g/mol. The lowest BCUT2D eigenvalue weighted by Gasteiger charge is -1.96. The van der Waals surface area contributed by atoms with Gasteiger partial charge in [0.1, 0.15) is 4.21 Å². The lowest BCUT2D eigenvalue weighted by Crippen LogP contribution is -1.89. The summed E-state index contributed by atoms with van der Waals surface area (Å²) < 4.78 is 0.532. The van der Waals surface area contributed by atoms with E-state index in [1.165, 1.54) is 29.2 Å². The van der Waals surface area contributed by atoms with Gasteiger partial charge in [-0.25, -0.2) is 0 Å². The van der Waals surface area contributed by atoms with Gasteiger partial charge in [0.25, 0.3) is 5.69 Å². The predicted molar refractivity (Wildman–Crippen MR) is 59.4 cm³/mol. The Morgan fingerprint density at radius 2 is 2.40 bits per heavy atom. The van der Waals surface area contributed by atoms with Gasteiger partial charge in [-0.15, -0.1) is 23.1 Å². The fourth-order valence-electron chi connectivity index (χ4n) is 0.957. The van der Waals surface area contributed by atoms with E-state index in [2.05, 4.69) is 0 Å². The summed E-state index contributed by atoms with van der Waals surface area (Å²) in [5.74, 6) is 0.417. The molecule has 1 aromatic heterocycles. The van der Waals surface area contributed by atoms with E-state index in [1.54, 1.807) is 6.92 Å². The zero-order valence-electron chi connectivity index (χ0n) is 8.04. The molecule has 0 bridgehead atoms. The molecule has 0 amide bonds. The van der Waals surface area contributed by atoms with Crippen molar-refractivity contribution in [1.29, 1.82) is 0 Å². The third-order valence-electron chi connectivity index (χ3n) is 1.63. The van der Waals surface area contributed by atoms with Crippen molar-refractivity contribution in [1.82, 2.24) is 0 Å². The largest absolute Gasteiger partial charge is 0.396 e. The van der Waals surface area contributed by atoms with Crippen LogP contribution >= 0.6 is 23.1 Å². The number of nitrogens with zero attached hydrogens (tertiary/aromatic N) is 1. The normalized spacial score (nSPS) is 12.7. The molecule has 1 heterocycles. The van der Waals surface area contributed by atoms with Crippen molar-refractivity contribution in [3.05, 3.63) is 21.1 Å². The van der Waals surface area contributed by atoms with Gasteiger partial charge in [-0.1, -0.05) is 0 Å². The summed E-state index contributed by atoms with van der Waals surface area (Å²) in [7, 11) is 0. The van der Waals surface area contributed by atoms with E-state index in [0.29, 0.717) is 14.8 Å².